The zero-order chi connectivity index (χ0) is 15.5. The fraction of sp³-hybridized carbons (Fsp3) is 0.467. The van der Waals surface area contributed by atoms with Crippen LogP contribution in [-0.2, 0) is 4.74 Å². The molecule has 1 aromatic carbocycles. The van der Waals surface area contributed by atoms with Crippen molar-refractivity contribution in [3.63, 3.8) is 0 Å². The van der Waals surface area contributed by atoms with E-state index >= 15 is 0 Å². The minimum absolute atomic E-state index is 0.0678. The molecule has 0 unspecified atom stereocenters. The van der Waals surface area contributed by atoms with Gasteiger partial charge in [-0.1, -0.05) is 0 Å². The van der Waals surface area contributed by atoms with Gasteiger partial charge in [0.25, 0.3) is 5.91 Å². The van der Waals surface area contributed by atoms with Gasteiger partial charge in [-0.2, -0.15) is 0 Å². The van der Waals surface area contributed by atoms with Gasteiger partial charge >= 0.3 is 6.09 Å². The van der Waals surface area contributed by atoms with Crippen molar-refractivity contribution in [3.8, 4) is 11.5 Å². The summed E-state index contributed by atoms with van der Waals surface area (Å²) in [7, 11) is 0. The second-order valence-electron chi connectivity index (χ2n) is 5.05. The minimum atomic E-state index is -0.322. The van der Waals surface area contributed by atoms with Crippen LogP contribution in [-0.4, -0.2) is 61.4 Å². The highest BCUT2D eigenvalue weighted by molar-refractivity contribution is 5.95. The lowest BCUT2D eigenvalue weighted by Gasteiger charge is -2.34. The van der Waals surface area contributed by atoms with E-state index in [0.29, 0.717) is 49.8 Å². The Hall–Kier alpha value is -2.44. The summed E-state index contributed by atoms with van der Waals surface area (Å²) < 4.78 is 15.5. The van der Waals surface area contributed by atoms with Gasteiger partial charge in [0.1, 0.15) is 0 Å². The number of hydrogen-bond acceptors (Lipinski definition) is 5. The monoisotopic (exact) mass is 306 g/mol. The van der Waals surface area contributed by atoms with Crippen LogP contribution in [0.1, 0.15) is 17.3 Å². The highest BCUT2D eigenvalue weighted by atomic mass is 16.7. The zero-order valence-corrected chi connectivity index (χ0v) is 12.4. The van der Waals surface area contributed by atoms with Crippen molar-refractivity contribution in [2.24, 2.45) is 0 Å². The summed E-state index contributed by atoms with van der Waals surface area (Å²) in [4.78, 5) is 27.5. The van der Waals surface area contributed by atoms with E-state index in [9.17, 15) is 9.59 Å². The van der Waals surface area contributed by atoms with Crippen molar-refractivity contribution in [3.05, 3.63) is 23.8 Å². The summed E-state index contributed by atoms with van der Waals surface area (Å²) in [6.07, 6.45) is -0.322. The fourth-order valence-electron chi connectivity index (χ4n) is 2.52. The zero-order valence-electron chi connectivity index (χ0n) is 12.4. The van der Waals surface area contributed by atoms with Gasteiger partial charge in [-0.15, -0.1) is 0 Å². The normalized spacial score (nSPS) is 16.6. The molecule has 0 spiro atoms. The molecule has 7 nitrogen and oxygen atoms in total. The molecule has 7 heteroatoms. The molecule has 0 aromatic heterocycles. The second kappa shape index (κ2) is 6.13. The summed E-state index contributed by atoms with van der Waals surface area (Å²) in [5.41, 5.74) is 0.564. The van der Waals surface area contributed by atoms with Gasteiger partial charge in [0.05, 0.1) is 6.61 Å². The quantitative estimate of drug-likeness (QED) is 0.824. The van der Waals surface area contributed by atoms with Gasteiger partial charge in [-0.25, -0.2) is 4.79 Å². The molecule has 0 atom stereocenters. The van der Waals surface area contributed by atoms with Crippen molar-refractivity contribution in [2.45, 2.75) is 6.92 Å². The summed E-state index contributed by atoms with van der Waals surface area (Å²) in [6.45, 7) is 4.26. The Balaban J connectivity index is 1.61. The van der Waals surface area contributed by atoms with Crippen LogP contribution in [0.25, 0.3) is 0 Å². The van der Waals surface area contributed by atoms with E-state index < -0.39 is 0 Å². The Kier molecular flexibility index (Phi) is 4.04. The first-order chi connectivity index (χ1) is 10.7. The van der Waals surface area contributed by atoms with Crippen molar-refractivity contribution in [2.75, 3.05) is 39.6 Å². The molecule has 0 N–H and O–H groups in total. The van der Waals surface area contributed by atoms with Gasteiger partial charge < -0.3 is 24.0 Å². The number of rotatable bonds is 2. The smallest absolute Gasteiger partial charge is 0.409 e. The summed E-state index contributed by atoms with van der Waals surface area (Å²) in [5, 5.41) is 0. The predicted molar refractivity (Wildman–Crippen MR) is 77.1 cm³/mol. The SMILES string of the molecule is CCOC(=O)N1CCN(C(=O)c2ccc3c(c2)OCO3)CC1. The summed E-state index contributed by atoms with van der Waals surface area (Å²) >= 11 is 0. The Labute approximate surface area is 128 Å². The van der Waals surface area contributed by atoms with Crippen LogP contribution in [0.3, 0.4) is 0 Å². The largest absolute Gasteiger partial charge is 0.454 e. The average molecular weight is 306 g/mol. The van der Waals surface area contributed by atoms with Crippen molar-refractivity contribution in [1.29, 1.82) is 0 Å². The molecule has 1 saturated heterocycles. The van der Waals surface area contributed by atoms with Gasteiger partial charge in [0, 0.05) is 31.7 Å². The minimum Gasteiger partial charge on any atom is -0.454 e. The molecule has 0 saturated carbocycles. The topological polar surface area (TPSA) is 68.3 Å². The Morgan fingerprint density at radius 2 is 1.77 bits per heavy atom. The molecule has 1 fully saturated rings. The highest BCUT2D eigenvalue weighted by Crippen LogP contribution is 2.32. The van der Waals surface area contributed by atoms with E-state index in [0.717, 1.165) is 0 Å². The molecule has 2 aliphatic heterocycles. The third kappa shape index (κ3) is 2.79. The summed E-state index contributed by atoms with van der Waals surface area (Å²) in [5.74, 6) is 1.18. The molecule has 2 amide bonds. The van der Waals surface area contributed by atoms with Crippen molar-refractivity contribution < 1.29 is 23.8 Å². The van der Waals surface area contributed by atoms with Crippen LogP contribution >= 0.6 is 0 Å². The number of amides is 2. The van der Waals surface area contributed by atoms with Gasteiger partial charge in [0.15, 0.2) is 11.5 Å². The van der Waals surface area contributed by atoms with E-state index in [2.05, 4.69) is 0 Å². The Morgan fingerprint density at radius 3 is 2.50 bits per heavy atom. The number of hydrogen-bond donors (Lipinski definition) is 0. The van der Waals surface area contributed by atoms with E-state index in [1.54, 1.807) is 34.9 Å². The molecule has 0 radical (unpaired) electrons. The predicted octanol–water partition coefficient (Wildman–Crippen LogP) is 1.33. The molecule has 2 heterocycles. The third-order valence-electron chi connectivity index (χ3n) is 3.71. The van der Waals surface area contributed by atoms with Crippen LogP contribution < -0.4 is 9.47 Å². The van der Waals surface area contributed by atoms with Crippen molar-refractivity contribution >= 4 is 12.0 Å². The fourth-order valence-corrected chi connectivity index (χ4v) is 2.52. The Morgan fingerprint density at radius 1 is 1.09 bits per heavy atom. The van der Waals surface area contributed by atoms with E-state index in [1.165, 1.54) is 0 Å². The first-order valence-electron chi connectivity index (χ1n) is 7.29. The van der Waals surface area contributed by atoms with Crippen LogP contribution in [0, 0.1) is 0 Å². The van der Waals surface area contributed by atoms with Gasteiger partial charge in [-0.05, 0) is 25.1 Å². The highest BCUT2D eigenvalue weighted by Gasteiger charge is 2.26. The van der Waals surface area contributed by atoms with Crippen LogP contribution in [0.4, 0.5) is 4.79 Å². The molecular formula is C15H18N2O5. The Bertz CT molecular complexity index is 581. The number of ether oxygens (including phenoxy) is 3. The van der Waals surface area contributed by atoms with Gasteiger partial charge in [0.2, 0.25) is 6.79 Å². The maximum atomic E-state index is 12.5. The standard InChI is InChI=1S/C15H18N2O5/c1-2-20-15(19)17-7-5-16(6-8-17)14(18)11-3-4-12-13(9-11)22-10-21-12/h3-4,9H,2,5-8,10H2,1H3. The number of carbonyl (C=O) groups excluding carboxylic acids is 2. The second-order valence-corrected chi connectivity index (χ2v) is 5.05. The average Bonchev–Trinajstić information content (AvgIpc) is 3.02. The van der Waals surface area contributed by atoms with Crippen LogP contribution in [0.15, 0.2) is 18.2 Å². The number of benzene rings is 1. The lowest BCUT2D eigenvalue weighted by molar-refractivity contribution is 0.0570. The first-order valence-corrected chi connectivity index (χ1v) is 7.29. The molecule has 0 bridgehead atoms. The molecule has 22 heavy (non-hydrogen) atoms. The molecular weight excluding hydrogens is 288 g/mol. The third-order valence-corrected chi connectivity index (χ3v) is 3.71. The maximum Gasteiger partial charge on any atom is 0.409 e. The molecule has 3 rings (SSSR count). The van der Waals surface area contributed by atoms with Crippen molar-refractivity contribution in [1.82, 2.24) is 9.80 Å². The molecule has 2 aliphatic rings. The first kappa shape index (κ1) is 14.5. The lowest BCUT2D eigenvalue weighted by Crippen LogP contribution is -2.50. The van der Waals surface area contributed by atoms with E-state index in [1.807, 2.05) is 0 Å². The molecule has 1 aromatic rings. The molecule has 118 valence electrons. The van der Waals surface area contributed by atoms with Crippen LogP contribution in [0.5, 0.6) is 11.5 Å². The number of nitrogens with zero attached hydrogens (tertiary/aromatic N) is 2. The van der Waals surface area contributed by atoms with Crippen LogP contribution in [0.2, 0.25) is 0 Å². The molecule has 0 aliphatic carbocycles. The number of carbonyl (C=O) groups is 2. The maximum absolute atomic E-state index is 12.5. The lowest BCUT2D eigenvalue weighted by atomic mass is 10.1. The number of piperazine rings is 1. The summed E-state index contributed by atoms with van der Waals surface area (Å²) in [6, 6.07) is 5.17. The van der Waals surface area contributed by atoms with E-state index in [-0.39, 0.29) is 18.8 Å². The van der Waals surface area contributed by atoms with Gasteiger partial charge in [-0.3, -0.25) is 4.79 Å². The van der Waals surface area contributed by atoms with E-state index in [4.69, 9.17) is 14.2 Å². The number of fused-ring (bicyclic) bond motifs is 1.